The van der Waals surface area contributed by atoms with Crippen molar-refractivity contribution in [2.24, 2.45) is 5.92 Å². The van der Waals surface area contributed by atoms with Gasteiger partial charge in [0.2, 0.25) is 0 Å². The third-order valence-electron chi connectivity index (χ3n) is 3.72. The van der Waals surface area contributed by atoms with Gasteiger partial charge in [-0.2, -0.15) is 0 Å². The molecule has 19 heavy (non-hydrogen) atoms. The van der Waals surface area contributed by atoms with E-state index in [-0.39, 0.29) is 17.4 Å². The average molecular weight is 284 g/mol. The highest BCUT2D eigenvalue weighted by molar-refractivity contribution is 7.91. The second-order valence-electron chi connectivity index (χ2n) is 5.24. The zero-order valence-electron chi connectivity index (χ0n) is 11.3. The number of aryl methyl sites for hydroxylation is 1. The van der Waals surface area contributed by atoms with Crippen LogP contribution in [0.4, 0.5) is 0 Å². The zero-order chi connectivity index (χ0) is 14.0. The summed E-state index contributed by atoms with van der Waals surface area (Å²) >= 11 is 0. The molecule has 106 valence electrons. The Hall–Kier alpha value is -1.07. The molecule has 2 atom stereocenters. The smallest absolute Gasteiger partial charge is 0.150 e. The lowest BCUT2D eigenvalue weighted by Gasteiger charge is -2.17. The van der Waals surface area contributed by atoms with E-state index in [2.05, 4.69) is 0 Å². The Bertz CT molecular complexity index is 551. The van der Waals surface area contributed by atoms with Crippen LogP contribution in [0.1, 0.15) is 30.1 Å². The van der Waals surface area contributed by atoms with Crippen molar-refractivity contribution in [3.63, 3.8) is 0 Å². The Morgan fingerprint density at radius 1 is 1.47 bits per heavy atom. The fourth-order valence-corrected chi connectivity index (χ4v) is 4.53. The van der Waals surface area contributed by atoms with Crippen molar-refractivity contribution in [1.82, 2.24) is 0 Å². The summed E-state index contributed by atoms with van der Waals surface area (Å²) in [4.78, 5) is 0. The first kappa shape index (κ1) is 14.3. The van der Waals surface area contributed by atoms with Crippen LogP contribution >= 0.6 is 0 Å². The maximum atomic E-state index is 11.4. The summed E-state index contributed by atoms with van der Waals surface area (Å²) < 4.78 is 28.0. The van der Waals surface area contributed by atoms with Gasteiger partial charge in [-0.25, -0.2) is 8.42 Å². The van der Waals surface area contributed by atoms with E-state index in [0.29, 0.717) is 12.8 Å². The van der Waals surface area contributed by atoms with E-state index in [0.717, 1.165) is 16.9 Å². The van der Waals surface area contributed by atoms with Gasteiger partial charge in [0.25, 0.3) is 0 Å². The molecular weight excluding hydrogens is 264 g/mol. The van der Waals surface area contributed by atoms with Crippen LogP contribution in [0, 0.1) is 12.8 Å². The zero-order valence-corrected chi connectivity index (χ0v) is 12.1. The summed E-state index contributed by atoms with van der Waals surface area (Å²) in [6.07, 6.45) is 0.560. The minimum absolute atomic E-state index is 0.0708. The normalized spacial score (nSPS) is 23.2. The van der Waals surface area contributed by atoms with Crippen molar-refractivity contribution in [2.75, 3.05) is 18.6 Å². The van der Waals surface area contributed by atoms with Crippen molar-refractivity contribution in [1.29, 1.82) is 0 Å². The topological polar surface area (TPSA) is 63.6 Å². The Labute approximate surface area is 114 Å². The molecule has 1 aromatic rings. The second kappa shape index (κ2) is 5.51. The molecule has 4 nitrogen and oxygen atoms in total. The second-order valence-corrected chi connectivity index (χ2v) is 7.47. The van der Waals surface area contributed by atoms with Gasteiger partial charge in [-0.3, -0.25) is 0 Å². The molecule has 0 amide bonds. The van der Waals surface area contributed by atoms with Crippen LogP contribution in [-0.2, 0) is 9.84 Å². The van der Waals surface area contributed by atoms with Crippen molar-refractivity contribution in [3.05, 3.63) is 29.3 Å². The number of hydrogen-bond acceptors (Lipinski definition) is 4. The van der Waals surface area contributed by atoms with Gasteiger partial charge < -0.3 is 9.84 Å². The summed E-state index contributed by atoms with van der Waals surface area (Å²) in [6.45, 7) is 1.92. The summed E-state index contributed by atoms with van der Waals surface area (Å²) in [5.74, 6) is 1.30. The summed E-state index contributed by atoms with van der Waals surface area (Å²) in [6, 6.07) is 5.54. The number of rotatable bonds is 4. The van der Waals surface area contributed by atoms with Crippen LogP contribution in [0.2, 0.25) is 0 Å². The highest BCUT2D eigenvalue weighted by Gasteiger charge is 2.29. The first-order chi connectivity index (χ1) is 8.91. The molecule has 1 aliphatic rings. The Morgan fingerprint density at radius 2 is 2.21 bits per heavy atom. The molecule has 2 unspecified atom stereocenters. The molecule has 0 spiro atoms. The Kier molecular flexibility index (Phi) is 4.16. The number of methoxy groups -OCH3 is 1. The minimum atomic E-state index is -2.88. The molecule has 0 saturated carbocycles. The number of aliphatic hydroxyl groups is 1. The third-order valence-corrected chi connectivity index (χ3v) is 5.56. The number of benzene rings is 1. The first-order valence-corrected chi connectivity index (χ1v) is 8.26. The van der Waals surface area contributed by atoms with Crippen molar-refractivity contribution < 1.29 is 18.3 Å². The lowest BCUT2D eigenvalue weighted by Crippen LogP contribution is -2.10. The van der Waals surface area contributed by atoms with E-state index < -0.39 is 15.9 Å². The van der Waals surface area contributed by atoms with E-state index in [1.54, 1.807) is 7.11 Å². The number of ether oxygens (including phenoxy) is 1. The predicted octanol–water partition coefficient (Wildman–Crippen LogP) is 1.86. The molecule has 1 N–H and O–H groups in total. The van der Waals surface area contributed by atoms with E-state index >= 15 is 0 Å². The highest BCUT2D eigenvalue weighted by atomic mass is 32.2. The predicted molar refractivity (Wildman–Crippen MR) is 74.1 cm³/mol. The SMILES string of the molecule is COc1ccc(C(O)CC2CCS(=O)(=O)C2)c(C)c1. The molecule has 0 aromatic heterocycles. The van der Waals surface area contributed by atoms with Gasteiger partial charge in [0.15, 0.2) is 9.84 Å². The third kappa shape index (κ3) is 3.48. The number of aliphatic hydroxyl groups excluding tert-OH is 1. The molecule has 1 fully saturated rings. The first-order valence-electron chi connectivity index (χ1n) is 6.44. The highest BCUT2D eigenvalue weighted by Crippen LogP contribution is 2.31. The van der Waals surface area contributed by atoms with Gasteiger partial charge in [-0.05, 0) is 48.9 Å². The molecule has 0 radical (unpaired) electrons. The summed E-state index contributed by atoms with van der Waals surface area (Å²) in [5, 5.41) is 10.3. The molecule has 2 rings (SSSR count). The molecule has 0 bridgehead atoms. The van der Waals surface area contributed by atoms with Crippen molar-refractivity contribution >= 4 is 9.84 Å². The minimum Gasteiger partial charge on any atom is -0.497 e. The molecular formula is C14H20O4S. The molecule has 5 heteroatoms. The van der Waals surface area contributed by atoms with Gasteiger partial charge in [0.1, 0.15) is 5.75 Å². The molecule has 1 saturated heterocycles. The molecule has 1 heterocycles. The van der Waals surface area contributed by atoms with E-state index in [1.807, 2.05) is 25.1 Å². The fraction of sp³-hybridized carbons (Fsp3) is 0.571. The fourth-order valence-electron chi connectivity index (χ4n) is 2.65. The van der Waals surface area contributed by atoms with Crippen LogP contribution in [0.15, 0.2) is 18.2 Å². The lowest BCUT2D eigenvalue weighted by atomic mass is 9.94. The average Bonchev–Trinajstić information content (AvgIpc) is 2.68. The number of sulfone groups is 1. The Morgan fingerprint density at radius 3 is 2.74 bits per heavy atom. The van der Waals surface area contributed by atoms with Crippen LogP contribution in [-0.4, -0.2) is 32.1 Å². The van der Waals surface area contributed by atoms with Gasteiger partial charge in [-0.1, -0.05) is 6.07 Å². The monoisotopic (exact) mass is 284 g/mol. The quantitative estimate of drug-likeness (QED) is 0.916. The maximum absolute atomic E-state index is 11.4. The molecule has 0 aliphatic carbocycles. The lowest BCUT2D eigenvalue weighted by molar-refractivity contribution is 0.148. The van der Waals surface area contributed by atoms with Gasteiger partial charge >= 0.3 is 0 Å². The van der Waals surface area contributed by atoms with E-state index in [9.17, 15) is 13.5 Å². The van der Waals surface area contributed by atoms with E-state index in [1.165, 1.54) is 0 Å². The van der Waals surface area contributed by atoms with Crippen molar-refractivity contribution in [2.45, 2.75) is 25.9 Å². The van der Waals surface area contributed by atoms with Crippen LogP contribution < -0.4 is 4.74 Å². The van der Waals surface area contributed by atoms with E-state index in [4.69, 9.17) is 4.74 Å². The molecule has 1 aliphatic heterocycles. The van der Waals surface area contributed by atoms with Gasteiger partial charge in [-0.15, -0.1) is 0 Å². The summed E-state index contributed by atoms with van der Waals surface area (Å²) in [5.41, 5.74) is 1.82. The summed E-state index contributed by atoms with van der Waals surface area (Å²) in [7, 11) is -1.27. The maximum Gasteiger partial charge on any atom is 0.150 e. The Balaban J connectivity index is 2.06. The van der Waals surface area contributed by atoms with Crippen LogP contribution in [0.3, 0.4) is 0 Å². The van der Waals surface area contributed by atoms with Crippen molar-refractivity contribution in [3.8, 4) is 5.75 Å². The standard InChI is InChI=1S/C14H20O4S/c1-10-7-12(18-2)3-4-13(10)14(15)8-11-5-6-19(16,17)9-11/h3-4,7,11,14-15H,5-6,8-9H2,1-2H3. The van der Waals surface area contributed by atoms with Crippen LogP contribution in [0.25, 0.3) is 0 Å². The number of hydrogen-bond donors (Lipinski definition) is 1. The van der Waals surface area contributed by atoms with Crippen LogP contribution in [0.5, 0.6) is 5.75 Å². The largest absolute Gasteiger partial charge is 0.497 e. The van der Waals surface area contributed by atoms with Gasteiger partial charge in [0.05, 0.1) is 24.7 Å². The molecule has 1 aromatic carbocycles. The van der Waals surface area contributed by atoms with Gasteiger partial charge in [0, 0.05) is 0 Å².